The number of carbonyl (C=O) groups excluding carboxylic acids is 1. The molecule has 102 valence electrons. The fourth-order valence-corrected chi connectivity index (χ4v) is 2.31. The molecule has 1 amide bonds. The number of nitrogens with zero attached hydrogens (tertiary/aromatic N) is 1. The molecule has 2 rings (SSSR count). The summed E-state index contributed by atoms with van der Waals surface area (Å²) in [5, 5.41) is 12.3. The van der Waals surface area contributed by atoms with Crippen LogP contribution in [0.25, 0.3) is 0 Å². The maximum absolute atomic E-state index is 11.9. The van der Waals surface area contributed by atoms with Gasteiger partial charge in [-0.3, -0.25) is 4.79 Å². The van der Waals surface area contributed by atoms with E-state index in [1.807, 2.05) is 6.92 Å². The maximum atomic E-state index is 11.9. The molecule has 0 aliphatic carbocycles. The first kappa shape index (κ1) is 14.3. The number of aryl methyl sites for hydroxylation is 1. The van der Waals surface area contributed by atoms with Gasteiger partial charge in [-0.25, -0.2) is 4.98 Å². The number of hydrogen-bond acceptors (Lipinski definition) is 4. The molecule has 0 spiro atoms. The van der Waals surface area contributed by atoms with E-state index in [9.17, 15) is 4.79 Å². The fraction of sp³-hybridized carbons (Fsp3) is 0.200. The summed E-state index contributed by atoms with van der Waals surface area (Å²) in [4.78, 5) is 17.3. The number of aliphatic hydroxyl groups excluding tert-OH is 1. The number of benzene rings is 1. The van der Waals surface area contributed by atoms with E-state index < -0.39 is 0 Å². The molecule has 20 heavy (non-hydrogen) atoms. The van der Waals surface area contributed by atoms with Gasteiger partial charge in [-0.1, -0.05) is 11.8 Å². The molecule has 1 aromatic carbocycles. The monoisotopic (exact) mass is 286 g/mol. The average molecular weight is 286 g/mol. The Labute approximate surface area is 121 Å². The van der Waals surface area contributed by atoms with Gasteiger partial charge in [0.2, 0.25) is 0 Å². The summed E-state index contributed by atoms with van der Waals surface area (Å²) in [6.07, 6.45) is 1.79. The van der Waals surface area contributed by atoms with Crippen molar-refractivity contribution < 1.29 is 9.90 Å². The van der Waals surface area contributed by atoms with Gasteiger partial charge in [0.1, 0.15) is 11.6 Å². The lowest BCUT2D eigenvalue weighted by molar-refractivity contribution is 0.0951. The minimum absolute atomic E-state index is 0.139. The van der Waals surface area contributed by atoms with Gasteiger partial charge in [-0.2, -0.15) is 0 Å². The molecule has 0 aliphatic heterocycles. The van der Waals surface area contributed by atoms with E-state index in [-0.39, 0.29) is 12.5 Å². The van der Waals surface area contributed by atoms with Crippen LogP contribution < -0.4 is 5.32 Å². The highest BCUT2D eigenvalue weighted by molar-refractivity contribution is 7.11. The molecule has 0 aliphatic rings. The van der Waals surface area contributed by atoms with Gasteiger partial charge in [-0.05, 0) is 31.2 Å². The van der Waals surface area contributed by atoms with Crippen LogP contribution in [0.3, 0.4) is 0 Å². The van der Waals surface area contributed by atoms with Crippen molar-refractivity contribution in [3.05, 3.63) is 51.5 Å². The zero-order chi connectivity index (χ0) is 14.4. The highest BCUT2D eigenvalue weighted by Crippen LogP contribution is 2.11. The second-order valence-electron chi connectivity index (χ2n) is 4.08. The number of nitrogens with one attached hydrogen (secondary N) is 1. The summed E-state index contributed by atoms with van der Waals surface area (Å²) >= 11 is 1.57. The largest absolute Gasteiger partial charge is 0.384 e. The van der Waals surface area contributed by atoms with Gasteiger partial charge < -0.3 is 10.4 Å². The lowest BCUT2D eigenvalue weighted by Crippen LogP contribution is -2.22. The first-order valence-corrected chi connectivity index (χ1v) is 6.90. The van der Waals surface area contributed by atoms with Crippen LogP contribution in [0, 0.1) is 18.8 Å². The third-order valence-electron chi connectivity index (χ3n) is 2.53. The topological polar surface area (TPSA) is 62.2 Å². The fourth-order valence-electron chi connectivity index (χ4n) is 1.59. The Kier molecular flexibility index (Phi) is 4.88. The van der Waals surface area contributed by atoms with Gasteiger partial charge in [0.15, 0.2) is 0 Å². The summed E-state index contributed by atoms with van der Waals surface area (Å²) in [7, 11) is 0. The van der Waals surface area contributed by atoms with Crippen molar-refractivity contribution in [1.82, 2.24) is 10.3 Å². The van der Waals surface area contributed by atoms with Crippen molar-refractivity contribution in [1.29, 1.82) is 0 Å². The van der Waals surface area contributed by atoms with Crippen LogP contribution >= 0.6 is 11.3 Å². The molecule has 5 heteroatoms. The predicted octanol–water partition coefficient (Wildman–Crippen LogP) is 1.73. The van der Waals surface area contributed by atoms with E-state index in [0.29, 0.717) is 12.1 Å². The van der Waals surface area contributed by atoms with Crippen LogP contribution in [0.5, 0.6) is 0 Å². The summed E-state index contributed by atoms with van der Waals surface area (Å²) in [5.74, 6) is 5.20. The summed E-state index contributed by atoms with van der Waals surface area (Å²) in [6, 6.07) is 6.93. The Bertz CT molecular complexity index is 651. The van der Waals surface area contributed by atoms with Crippen LogP contribution in [0.15, 0.2) is 30.5 Å². The Morgan fingerprint density at radius 1 is 1.40 bits per heavy atom. The SMILES string of the molecule is Cc1cnc(CNC(=O)c2ccc(C#CCO)cc2)s1. The van der Waals surface area contributed by atoms with Gasteiger partial charge >= 0.3 is 0 Å². The van der Waals surface area contributed by atoms with E-state index in [0.717, 1.165) is 15.4 Å². The maximum Gasteiger partial charge on any atom is 0.251 e. The van der Waals surface area contributed by atoms with Gasteiger partial charge in [0.05, 0.1) is 6.54 Å². The molecule has 4 nitrogen and oxygen atoms in total. The zero-order valence-electron chi connectivity index (χ0n) is 11.0. The van der Waals surface area contributed by atoms with Crippen LogP contribution in [0.1, 0.15) is 25.8 Å². The highest BCUT2D eigenvalue weighted by Gasteiger charge is 2.06. The minimum Gasteiger partial charge on any atom is -0.384 e. The van der Waals surface area contributed by atoms with Crippen LogP contribution in [-0.2, 0) is 6.54 Å². The first-order chi connectivity index (χ1) is 9.69. The van der Waals surface area contributed by atoms with Crippen LogP contribution in [-0.4, -0.2) is 22.6 Å². The number of aromatic nitrogens is 1. The molecule has 2 aromatic rings. The lowest BCUT2D eigenvalue weighted by atomic mass is 10.1. The molecule has 0 radical (unpaired) electrons. The van der Waals surface area contributed by atoms with Crippen molar-refractivity contribution in [2.75, 3.05) is 6.61 Å². The normalized spacial score (nSPS) is 9.70. The summed E-state index contributed by atoms with van der Waals surface area (Å²) < 4.78 is 0. The number of amides is 1. The number of thiazole rings is 1. The molecule has 0 fully saturated rings. The summed E-state index contributed by atoms with van der Waals surface area (Å²) in [6.45, 7) is 2.24. The third-order valence-corrected chi connectivity index (χ3v) is 3.44. The molecule has 0 unspecified atom stereocenters. The molecule has 0 saturated heterocycles. The van der Waals surface area contributed by atoms with Crippen LogP contribution in [0.2, 0.25) is 0 Å². The summed E-state index contributed by atoms with van der Waals surface area (Å²) in [5.41, 5.74) is 1.35. The molecule has 0 bridgehead atoms. The van der Waals surface area contributed by atoms with Crippen molar-refractivity contribution in [3.8, 4) is 11.8 Å². The van der Waals surface area contributed by atoms with E-state index >= 15 is 0 Å². The molecule has 2 N–H and O–H groups in total. The predicted molar refractivity (Wildman–Crippen MR) is 78.4 cm³/mol. The molecule has 1 aromatic heterocycles. The standard InChI is InChI=1S/C15H14N2O2S/c1-11-9-16-14(20-11)10-17-15(19)13-6-4-12(5-7-13)3-2-8-18/h4-7,9,18H,8,10H2,1H3,(H,17,19). The second-order valence-corrected chi connectivity index (χ2v) is 5.40. The third kappa shape index (κ3) is 3.92. The van der Waals surface area contributed by atoms with Gasteiger partial charge in [-0.15, -0.1) is 11.3 Å². The Morgan fingerprint density at radius 3 is 2.75 bits per heavy atom. The number of hydrogen-bond donors (Lipinski definition) is 2. The van der Waals surface area contributed by atoms with E-state index in [4.69, 9.17) is 5.11 Å². The van der Waals surface area contributed by atoms with E-state index in [1.165, 1.54) is 0 Å². The Balaban J connectivity index is 1.95. The molecule has 0 saturated carbocycles. The number of aliphatic hydroxyl groups is 1. The van der Waals surface area contributed by atoms with Gasteiger partial charge in [0.25, 0.3) is 5.91 Å². The van der Waals surface area contributed by atoms with Crippen molar-refractivity contribution in [3.63, 3.8) is 0 Å². The van der Waals surface area contributed by atoms with Crippen LogP contribution in [0.4, 0.5) is 0 Å². The molecule has 1 heterocycles. The highest BCUT2D eigenvalue weighted by atomic mass is 32.1. The first-order valence-electron chi connectivity index (χ1n) is 6.08. The number of carbonyl (C=O) groups is 1. The smallest absolute Gasteiger partial charge is 0.251 e. The van der Waals surface area contributed by atoms with E-state index in [1.54, 1.807) is 41.8 Å². The van der Waals surface area contributed by atoms with Gasteiger partial charge in [0, 0.05) is 22.2 Å². The Hall–Kier alpha value is -2.16. The van der Waals surface area contributed by atoms with Crippen molar-refractivity contribution in [2.24, 2.45) is 0 Å². The Morgan fingerprint density at radius 2 is 2.15 bits per heavy atom. The number of rotatable bonds is 3. The zero-order valence-corrected chi connectivity index (χ0v) is 11.8. The van der Waals surface area contributed by atoms with E-state index in [2.05, 4.69) is 22.1 Å². The average Bonchev–Trinajstić information content (AvgIpc) is 2.89. The lowest BCUT2D eigenvalue weighted by Gasteiger charge is -2.03. The quantitative estimate of drug-likeness (QED) is 0.845. The molecular formula is C15H14N2O2S. The molecular weight excluding hydrogens is 272 g/mol. The second kappa shape index (κ2) is 6.85. The van der Waals surface area contributed by atoms with Crippen molar-refractivity contribution in [2.45, 2.75) is 13.5 Å². The van der Waals surface area contributed by atoms with Crippen molar-refractivity contribution >= 4 is 17.2 Å². The molecule has 0 atom stereocenters. The minimum atomic E-state index is -0.171.